The Morgan fingerprint density at radius 2 is 2.11 bits per heavy atom. The molecule has 2 aromatic rings. The van der Waals surface area contributed by atoms with E-state index >= 15 is 0 Å². The van der Waals surface area contributed by atoms with Crippen molar-refractivity contribution in [1.82, 2.24) is 14.8 Å². The average Bonchev–Trinajstić information content (AvgIpc) is 2.79. The molecule has 0 bridgehead atoms. The Hall–Kier alpha value is -1.50. The summed E-state index contributed by atoms with van der Waals surface area (Å²) in [5.74, 6) is -0.373. The van der Waals surface area contributed by atoms with Crippen molar-refractivity contribution in [2.24, 2.45) is 0 Å². The van der Waals surface area contributed by atoms with Crippen LogP contribution in [0.25, 0.3) is 0 Å². The summed E-state index contributed by atoms with van der Waals surface area (Å²) < 4.78 is 28.6. The smallest absolute Gasteiger partial charge is 0.147 e. The summed E-state index contributed by atoms with van der Waals surface area (Å²) in [5.41, 5.74) is 0.0985. The molecule has 7 heteroatoms. The van der Waals surface area contributed by atoms with E-state index in [2.05, 4.69) is 31.3 Å². The first-order chi connectivity index (χ1) is 8.61. The second-order valence-corrected chi connectivity index (χ2v) is 4.45. The van der Waals surface area contributed by atoms with Crippen LogP contribution < -0.4 is 5.32 Å². The van der Waals surface area contributed by atoms with Gasteiger partial charge in [-0.25, -0.2) is 18.4 Å². The van der Waals surface area contributed by atoms with Crippen molar-refractivity contribution in [3.05, 3.63) is 40.4 Å². The van der Waals surface area contributed by atoms with Crippen LogP contribution in [0, 0.1) is 11.6 Å². The quantitative estimate of drug-likeness (QED) is 0.882. The summed E-state index contributed by atoms with van der Waals surface area (Å²) in [6.07, 6.45) is 1.43. The molecule has 1 heterocycles. The van der Waals surface area contributed by atoms with Crippen molar-refractivity contribution in [3.63, 3.8) is 0 Å². The number of anilines is 1. The first-order valence-corrected chi connectivity index (χ1v) is 6.16. The maximum absolute atomic E-state index is 13.5. The van der Waals surface area contributed by atoms with E-state index in [0.717, 1.165) is 12.1 Å². The lowest BCUT2D eigenvalue weighted by Gasteiger charge is -2.08. The monoisotopic (exact) mass is 316 g/mol. The molecule has 1 N–H and O–H groups in total. The number of aromatic nitrogens is 3. The fourth-order valence-corrected chi connectivity index (χ4v) is 1.84. The third-order valence-corrected chi connectivity index (χ3v) is 3.05. The molecule has 0 aliphatic heterocycles. The lowest BCUT2D eigenvalue weighted by Crippen LogP contribution is -2.10. The van der Waals surface area contributed by atoms with Crippen LogP contribution in [0.15, 0.2) is 22.9 Å². The number of hydrogen-bond acceptors (Lipinski definition) is 3. The molecule has 4 nitrogen and oxygen atoms in total. The zero-order chi connectivity index (χ0) is 13.1. The lowest BCUT2D eigenvalue weighted by molar-refractivity contribution is 0.593. The van der Waals surface area contributed by atoms with Crippen LogP contribution in [0.5, 0.6) is 0 Å². The molecule has 0 aliphatic rings. The fraction of sp³-hybridized carbons (Fsp3) is 0.273. The molecular formula is C11H11BrF2N4. The van der Waals surface area contributed by atoms with Crippen LogP contribution in [-0.4, -0.2) is 14.8 Å². The predicted molar refractivity (Wildman–Crippen MR) is 67.1 cm³/mol. The third-order valence-electron chi connectivity index (χ3n) is 2.44. The maximum Gasteiger partial charge on any atom is 0.147 e. The molecule has 0 aliphatic carbocycles. The van der Waals surface area contributed by atoms with Crippen LogP contribution in [-0.2, 0) is 13.1 Å². The van der Waals surface area contributed by atoms with Crippen molar-refractivity contribution in [2.45, 2.75) is 20.0 Å². The molecule has 2 rings (SSSR count). The van der Waals surface area contributed by atoms with Crippen LogP contribution >= 0.6 is 15.9 Å². The molecule has 1 aromatic carbocycles. The minimum Gasteiger partial charge on any atom is -0.375 e. The molecular weight excluding hydrogens is 306 g/mol. The minimum absolute atomic E-state index is 0.0985. The normalized spacial score (nSPS) is 10.7. The molecule has 0 saturated carbocycles. The number of aryl methyl sites for hydroxylation is 1. The summed E-state index contributed by atoms with van der Waals surface area (Å²) in [4.78, 5) is 4.04. The number of nitrogens with one attached hydrogen (secondary N) is 1. The van der Waals surface area contributed by atoms with E-state index in [4.69, 9.17) is 0 Å². The Labute approximate surface area is 111 Å². The van der Waals surface area contributed by atoms with Crippen molar-refractivity contribution in [1.29, 1.82) is 0 Å². The number of rotatable bonds is 4. The van der Waals surface area contributed by atoms with E-state index < -0.39 is 11.6 Å². The van der Waals surface area contributed by atoms with Gasteiger partial charge in [0.15, 0.2) is 0 Å². The van der Waals surface area contributed by atoms with E-state index in [-0.39, 0.29) is 16.7 Å². The first kappa shape index (κ1) is 12.9. The minimum atomic E-state index is -0.522. The van der Waals surface area contributed by atoms with Gasteiger partial charge in [0.05, 0.1) is 16.7 Å². The molecule has 0 amide bonds. The third kappa shape index (κ3) is 2.66. The van der Waals surface area contributed by atoms with Crippen LogP contribution in [0.4, 0.5) is 14.5 Å². The standard InChI is InChI=1S/C11H11BrF2N4/c1-2-18-11(16-6-17-18)5-15-10-4-8(13)7(12)3-9(10)14/h3-4,6,15H,2,5H2,1H3. The molecule has 0 unspecified atom stereocenters. The van der Waals surface area contributed by atoms with Gasteiger partial charge < -0.3 is 5.32 Å². The molecule has 18 heavy (non-hydrogen) atoms. The summed E-state index contributed by atoms with van der Waals surface area (Å²) >= 11 is 2.92. The van der Waals surface area contributed by atoms with Crippen LogP contribution in [0.2, 0.25) is 0 Å². The number of hydrogen-bond donors (Lipinski definition) is 1. The van der Waals surface area contributed by atoms with E-state index in [1.165, 1.54) is 6.33 Å². The van der Waals surface area contributed by atoms with Gasteiger partial charge in [-0.3, -0.25) is 0 Å². The number of nitrogens with zero attached hydrogens (tertiary/aromatic N) is 3. The van der Waals surface area contributed by atoms with Crippen molar-refractivity contribution in [2.75, 3.05) is 5.32 Å². The Morgan fingerprint density at radius 1 is 1.33 bits per heavy atom. The Balaban J connectivity index is 2.13. The van der Waals surface area contributed by atoms with Gasteiger partial charge in [-0.15, -0.1) is 0 Å². The van der Waals surface area contributed by atoms with Gasteiger partial charge in [0, 0.05) is 12.6 Å². The second-order valence-electron chi connectivity index (χ2n) is 3.59. The molecule has 0 radical (unpaired) electrons. The summed E-state index contributed by atoms with van der Waals surface area (Å²) in [7, 11) is 0. The SMILES string of the molecule is CCn1ncnc1CNc1cc(F)c(Br)cc1F. The summed E-state index contributed by atoms with van der Waals surface area (Å²) in [5, 5.41) is 6.79. The van der Waals surface area contributed by atoms with E-state index in [9.17, 15) is 8.78 Å². The molecule has 0 spiro atoms. The van der Waals surface area contributed by atoms with Gasteiger partial charge in [-0.05, 0) is 28.9 Å². The van der Waals surface area contributed by atoms with Gasteiger partial charge in [0.1, 0.15) is 23.8 Å². The average molecular weight is 317 g/mol. The Kier molecular flexibility index (Phi) is 3.90. The Morgan fingerprint density at radius 3 is 2.83 bits per heavy atom. The molecule has 1 aromatic heterocycles. The molecule has 0 fully saturated rings. The van der Waals surface area contributed by atoms with Crippen molar-refractivity contribution >= 4 is 21.6 Å². The van der Waals surface area contributed by atoms with Gasteiger partial charge in [-0.1, -0.05) is 0 Å². The van der Waals surface area contributed by atoms with E-state index in [0.29, 0.717) is 12.4 Å². The number of benzene rings is 1. The van der Waals surface area contributed by atoms with E-state index in [1.54, 1.807) is 4.68 Å². The zero-order valence-electron chi connectivity index (χ0n) is 9.62. The molecule has 0 atom stereocenters. The lowest BCUT2D eigenvalue weighted by atomic mass is 10.3. The largest absolute Gasteiger partial charge is 0.375 e. The molecule has 96 valence electrons. The number of halogens is 3. The topological polar surface area (TPSA) is 42.7 Å². The Bertz CT molecular complexity index is 556. The zero-order valence-corrected chi connectivity index (χ0v) is 11.2. The highest BCUT2D eigenvalue weighted by Gasteiger charge is 2.09. The summed E-state index contributed by atoms with van der Waals surface area (Å²) in [6.45, 7) is 2.89. The van der Waals surface area contributed by atoms with Gasteiger partial charge >= 0.3 is 0 Å². The second kappa shape index (κ2) is 5.43. The van der Waals surface area contributed by atoms with Gasteiger partial charge in [0.2, 0.25) is 0 Å². The highest BCUT2D eigenvalue weighted by atomic mass is 79.9. The highest BCUT2D eigenvalue weighted by molar-refractivity contribution is 9.10. The predicted octanol–water partition coefficient (Wildman–Crippen LogP) is 2.95. The highest BCUT2D eigenvalue weighted by Crippen LogP contribution is 2.23. The van der Waals surface area contributed by atoms with Gasteiger partial charge in [-0.2, -0.15) is 5.10 Å². The molecule has 0 saturated heterocycles. The first-order valence-electron chi connectivity index (χ1n) is 5.37. The van der Waals surface area contributed by atoms with Crippen LogP contribution in [0.1, 0.15) is 12.7 Å². The van der Waals surface area contributed by atoms with E-state index in [1.807, 2.05) is 6.92 Å². The summed E-state index contributed by atoms with van der Waals surface area (Å²) in [6, 6.07) is 2.19. The maximum atomic E-state index is 13.5. The van der Waals surface area contributed by atoms with Crippen molar-refractivity contribution in [3.8, 4) is 0 Å². The van der Waals surface area contributed by atoms with Crippen molar-refractivity contribution < 1.29 is 8.78 Å². The van der Waals surface area contributed by atoms with Gasteiger partial charge in [0.25, 0.3) is 0 Å². The van der Waals surface area contributed by atoms with Crippen LogP contribution in [0.3, 0.4) is 0 Å². The fourth-order valence-electron chi connectivity index (χ4n) is 1.52.